The highest BCUT2D eigenvalue weighted by Crippen LogP contribution is 2.41. The molecule has 4 aromatic rings. The van der Waals surface area contributed by atoms with Gasteiger partial charge in [-0.05, 0) is 43.3 Å². The first kappa shape index (κ1) is 21.7. The quantitative estimate of drug-likeness (QED) is 0.256. The van der Waals surface area contributed by atoms with E-state index < -0.39 is 11.8 Å². The third-order valence-electron chi connectivity index (χ3n) is 4.69. The lowest BCUT2D eigenvalue weighted by Crippen LogP contribution is -2.10. The van der Waals surface area contributed by atoms with Gasteiger partial charge in [0.1, 0.15) is 26.8 Å². The SMILES string of the molecule is CCOC(=O)c1c(Nc2ccccc2OC)sc(C(=O)c2cc3cc(Cl)ccc3o2)c1N. The number of rotatable bonds is 7. The van der Waals surface area contributed by atoms with Gasteiger partial charge < -0.3 is 24.9 Å². The molecular weight excluding hydrogens is 452 g/mol. The number of hydrogen-bond donors (Lipinski definition) is 2. The lowest BCUT2D eigenvalue weighted by atomic mass is 10.1. The molecule has 2 heterocycles. The number of esters is 1. The van der Waals surface area contributed by atoms with Crippen molar-refractivity contribution in [2.45, 2.75) is 6.92 Å². The van der Waals surface area contributed by atoms with E-state index in [1.54, 1.807) is 50.4 Å². The molecule has 32 heavy (non-hydrogen) atoms. The molecule has 3 N–H and O–H groups in total. The summed E-state index contributed by atoms with van der Waals surface area (Å²) >= 11 is 7.07. The predicted octanol–water partition coefficient (Wildman–Crippen LogP) is 5.89. The summed E-state index contributed by atoms with van der Waals surface area (Å²) in [6.07, 6.45) is 0. The highest BCUT2D eigenvalue weighted by Gasteiger charge is 2.29. The molecule has 0 amide bonds. The van der Waals surface area contributed by atoms with Crippen LogP contribution in [0, 0.1) is 0 Å². The number of hydrogen-bond acceptors (Lipinski definition) is 8. The molecule has 0 aliphatic carbocycles. The van der Waals surface area contributed by atoms with Crippen molar-refractivity contribution in [2.75, 3.05) is 24.8 Å². The first-order chi connectivity index (χ1) is 15.4. The van der Waals surface area contributed by atoms with Gasteiger partial charge >= 0.3 is 5.97 Å². The summed E-state index contributed by atoms with van der Waals surface area (Å²) in [5.74, 6) is -0.418. The fraction of sp³-hybridized carbons (Fsp3) is 0.130. The molecule has 0 aliphatic rings. The average molecular weight is 471 g/mol. The van der Waals surface area contributed by atoms with E-state index in [0.717, 1.165) is 11.3 Å². The number of nitrogens with one attached hydrogen (secondary N) is 1. The first-order valence-electron chi connectivity index (χ1n) is 9.66. The van der Waals surface area contributed by atoms with Gasteiger partial charge in [-0.2, -0.15) is 0 Å². The number of fused-ring (bicyclic) bond motifs is 1. The second-order valence-electron chi connectivity index (χ2n) is 6.72. The largest absolute Gasteiger partial charge is 0.495 e. The molecule has 0 bridgehead atoms. The molecule has 164 valence electrons. The van der Waals surface area contributed by atoms with Crippen molar-refractivity contribution in [3.8, 4) is 5.75 Å². The van der Waals surface area contributed by atoms with Crippen LogP contribution in [-0.4, -0.2) is 25.5 Å². The third-order valence-corrected chi connectivity index (χ3v) is 6.04. The topological polar surface area (TPSA) is 104 Å². The second-order valence-corrected chi connectivity index (χ2v) is 8.17. The van der Waals surface area contributed by atoms with Gasteiger partial charge in [-0.1, -0.05) is 23.7 Å². The summed E-state index contributed by atoms with van der Waals surface area (Å²) in [6, 6.07) is 13.9. The smallest absolute Gasteiger partial charge is 0.343 e. The van der Waals surface area contributed by atoms with Crippen molar-refractivity contribution < 1.29 is 23.5 Å². The molecule has 9 heteroatoms. The van der Waals surface area contributed by atoms with Crippen LogP contribution in [0.2, 0.25) is 5.02 Å². The summed E-state index contributed by atoms with van der Waals surface area (Å²) in [7, 11) is 1.54. The number of furan rings is 1. The Morgan fingerprint density at radius 3 is 2.72 bits per heavy atom. The molecule has 4 rings (SSSR count). The molecule has 0 unspecified atom stereocenters. The maximum absolute atomic E-state index is 13.2. The normalized spacial score (nSPS) is 10.8. The van der Waals surface area contributed by atoms with Crippen molar-refractivity contribution in [2.24, 2.45) is 0 Å². The van der Waals surface area contributed by atoms with E-state index in [2.05, 4.69) is 5.32 Å². The minimum absolute atomic E-state index is 0.0225. The van der Waals surface area contributed by atoms with Crippen molar-refractivity contribution in [1.82, 2.24) is 0 Å². The Balaban J connectivity index is 1.78. The van der Waals surface area contributed by atoms with Crippen LogP contribution in [0.1, 0.15) is 32.7 Å². The standard InChI is InChI=1S/C23H19ClN2O5S/c1-3-30-23(28)18-19(25)21(32-22(18)26-14-6-4-5-7-16(14)29-2)20(27)17-11-12-10-13(24)8-9-15(12)31-17/h4-11,26H,3,25H2,1-2H3. The number of carbonyl (C=O) groups excluding carboxylic acids is 2. The number of nitrogen functional groups attached to an aromatic ring is 1. The van der Waals surface area contributed by atoms with E-state index in [9.17, 15) is 9.59 Å². The minimum atomic E-state index is -0.630. The molecule has 0 saturated carbocycles. The number of halogens is 1. The average Bonchev–Trinajstić information content (AvgIpc) is 3.34. The first-order valence-corrected chi connectivity index (χ1v) is 10.9. The lowest BCUT2D eigenvalue weighted by Gasteiger charge is -2.11. The lowest BCUT2D eigenvalue weighted by molar-refractivity contribution is 0.0529. The van der Waals surface area contributed by atoms with Crippen molar-refractivity contribution in [3.05, 3.63) is 69.8 Å². The van der Waals surface area contributed by atoms with E-state index in [-0.39, 0.29) is 28.5 Å². The molecule has 0 aliphatic heterocycles. The number of ether oxygens (including phenoxy) is 2. The molecule has 0 fully saturated rings. The highest BCUT2D eigenvalue weighted by molar-refractivity contribution is 7.19. The summed E-state index contributed by atoms with van der Waals surface area (Å²) in [5.41, 5.74) is 7.51. The maximum atomic E-state index is 13.2. The van der Waals surface area contributed by atoms with Crippen LogP contribution in [0.25, 0.3) is 11.0 Å². The van der Waals surface area contributed by atoms with Crippen LogP contribution in [0.15, 0.2) is 52.9 Å². The summed E-state index contributed by atoms with van der Waals surface area (Å²) in [4.78, 5) is 26.1. The van der Waals surface area contributed by atoms with Crippen LogP contribution in [0.3, 0.4) is 0 Å². The number of para-hydroxylation sites is 2. The van der Waals surface area contributed by atoms with E-state index in [1.807, 2.05) is 12.1 Å². The Labute approximate surface area is 192 Å². The van der Waals surface area contributed by atoms with Gasteiger partial charge in [0.2, 0.25) is 5.78 Å². The zero-order valence-electron chi connectivity index (χ0n) is 17.2. The van der Waals surface area contributed by atoms with Gasteiger partial charge in [0.25, 0.3) is 0 Å². The molecule has 0 saturated heterocycles. The van der Waals surface area contributed by atoms with Crippen LogP contribution >= 0.6 is 22.9 Å². The van der Waals surface area contributed by atoms with Gasteiger partial charge in [0.05, 0.1) is 25.1 Å². The van der Waals surface area contributed by atoms with Gasteiger partial charge in [-0.3, -0.25) is 4.79 Å². The zero-order valence-corrected chi connectivity index (χ0v) is 18.8. The van der Waals surface area contributed by atoms with Crippen LogP contribution in [0.5, 0.6) is 5.75 Å². The fourth-order valence-electron chi connectivity index (χ4n) is 3.21. The molecule has 0 radical (unpaired) electrons. The van der Waals surface area contributed by atoms with Gasteiger partial charge in [-0.15, -0.1) is 11.3 Å². The number of ketones is 1. The van der Waals surface area contributed by atoms with E-state index >= 15 is 0 Å². The van der Waals surface area contributed by atoms with E-state index in [1.165, 1.54) is 0 Å². The van der Waals surface area contributed by atoms with Crippen molar-refractivity contribution in [3.63, 3.8) is 0 Å². The van der Waals surface area contributed by atoms with E-state index in [4.69, 9.17) is 31.2 Å². The van der Waals surface area contributed by atoms with Gasteiger partial charge in [-0.25, -0.2) is 4.79 Å². The van der Waals surface area contributed by atoms with Crippen LogP contribution in [0.4, 0.5) is 16.4 Å². The van der Waals surface area contributed by atoms with Crippen LogP contribution < -0.4 is 15.8 Å². The summed E-state index contributed by atoms with van der Waals surface area (Å²) in [5, 5.41) is 4.73. The molecule has 0 spiro atoms. The van der Waals surface area contributed by atoms with Gasteiger partial charge in [0, 0.05) is 10.4 Å². The van der Waals surface area contributed by atoms with Gasteiger partial charge in [0.15, 0.2) is 5.76 Å². The molecule has 2 aromatic carbocycles. The monoisotopic (exact) mass is 470 g/mol. The number of methoxy groups -OCH3 is 1. The summed E-state index contributed by atoms with van der Waals surface area (Å²) in [6.45, 7) is 1.86. The number of anilines is 3. The molecule has 0 atom stereocenters. The minimum Gasteiger partial charge on any atom is -0.495 e. The fourth-order valence-corrected chi connectivity index (χ4v) is 4.46. The Morgan fingerprint density at radius 1 is 1.19 bits per heavy atom. The van der Waals surface area contributed by atoms with E-state index in [0.29, 0.717) is 32.4 Å². The van der Waals surface area contributed by atoms with Crippen LogP contribution in [-0.2, 0) is 4.74 Å². The Bertz CT molecular complexity index is 1330. The predicted molar refractivity (Wildman–Crippen MR) is 126 cm³/mol. The number of thiophene rings is 1. The zero-order chi connectivity index (χ0) is 22.8. The molecular formula is C23H19ClN2O5S. The summed E-state index contributed by atoms with van der Waals surface area (Å²) < 4.78 is 16.2. The Hall–Kier alpha value is -3.49. The highest BCUT2D eigenvalue weighted by atomic mass is 35.5. The number of benzene rings is 2. The number of nitrogens with two attached hydrogens (primary N) is 1. The third kappa shape index (κ3) is 4.02. The Morgan fingerprint density at radius 2 is 1.97 bits per heavy atom. The molecule has 7 nitrogen and oxygen atoms in total. The van der Waals surface area contributed by atoms with Crippen molar-refractivity contribution >= 4 is 62.0 Å². The molecule has 2 aromatic heterocycles. The maximum Gasteiger partial charge on any atom is 0.343 e. The number of carbonyl (C=O) groups is 2. The second kappa shape index (κ2) is 8.94. The Kier molecular flexibility index (Phi) is 6.07. The van der Waals surface area contributed by atoms with Crippen molar-refractivity contribution in [1.29, 1.82) is 0 Å².